The van der Waals surface area contributed by atoms with E-state index in [1.807, 2.05) is 61.2 Å². The minimum absolute atomic E-state index is 0.390. The lowest BCUT2D eigenvalue weighted by Gasteiger charge is -2.34. The van der Waals surface area contributed by atoms with Crippen molar-refractivity contribution in [2.75, 3.05) is 36.4 Å². The van der Waals surface area contributed by atoms with Crippen molar-refractivity contribution in [2.24, 2.45) is 0 Å². The van der Waals surface area contributed by atoms with E-state index in [1.165, 1.54) is 0 Å². The van der Waals surface area contributed by atoms with Crippen LogP contribution in [-0.4, -0.2) is 54.1 Å². The highest BCUT2D eigenvalue weighted by Crippen LogP contribution is 2.24. The van der Waals surface area contributed by atoms with Gasteiger partial charge in [-0.3, -0.25) is 0 Å². The van der Waals surface area contributed by atoms with E-state index in [-0.39, 0.29) is 0 Å². The average molecular weight is 425 g/mol. The Morgan fingerprint density at radius 1 is 0.900 bits per heavy atom. The van der Waals surface area contributed by atoms with Gasteiger partial charge in [-0.05, 0) is 55.3 Å². The highest BCUT2D eigenvalue weighted by molar-refractivity contribution is 7.89. The first-order chi connectivity index (χ1) is 14.4. The normalized spacial score (nSPS) is 15.2. The van der Waals surface area contributed by atoms with Crippen LogP contribution in [0.4, 0.5) is 17.5 Å². The molecule has 30 heavy (non-hydrogen) atoms. The number of nitrogens with zero attached hydrogens (tertiary/aromatic N) is 5. The molecule has 0 aliphatic carbocycles. The van der Waals surface area contributed by atoms with Crippen molar-refractivity contribution in [3.63, 3.8) is 0 Å². The molecule has 2 aromatic heterocycles. The van der Waals surface area contributed by atoms with Gasteiger partial charge in [0.15, 0.2) is 11.6 Å². The average Bonchev–Trinajstić information content (AvgIpc) is 2.77. The van der Waals surface area contributed by atoms with E-state index in [2.05, 4.69) is 20.5 Å². The molecule has 0 amide bonds. The van der Waals surface area contributed by atoms with Gasteiger partial charge >= 0.3 is 0 Å². The van der Waals surface area contributed by atoms with Crippen molar-refractivity contribution >= 4 is 27.5 Å². The molecule has 0 radical (unpaired) electrons. The molecule has 0 saturated carbocycles. The second-order valence-corrected chi connectivity index (χ2v) is 9.18. The highest BCUT2D eigenvalue weighted by atomic mass is 32.2. The van der Waals surface area contributed by atoms with E-state index < -0.39 is 10.0 Å². The van der Waals surface area contributed by atoms with E-state index in [0.717, 1.165) is 16.9 Å². The third kappa shape index (κ3) is 4.27. The van der Waals surface area contributed by atoms with Gasteiger partial charge in [0.25, 0.3) is 0 Å². The predicted molar refractivity (Wildman–Crippen MR) is 116 cm³/mol. The summed E-state index contributed by atoms with van der Waals surface area (Å²) < 4.78 is 27.7. The third-order valence-corrected chi connectivity index (χ3v) is 7.14. The SMILES string of the molecule is Cc1ccc(C)c(S(=O)(=O)N2CCN(c3ccc(Nc4ccccn4)nn3)CC2)c1. The van der Waals surface area contributed by atoms with Crippen LogP contribution in [0.5, 0.6) is 0 Å². The molecule has 1 N–H and O–H groups in total. The smallest absolute Gasteiger partial charge is 0.243 e. The van der Waals surface area contributed by atoms with Gasteiger partial charge in [-0.1, -0.05) is 18.2 Å². The van der Waals surface area contributed by atoms with Crippen molar-refractivity contribution in [3.05, 3.63) is 65.9 Å². The first-order valence-electron chi connectivity index (χ1n) is 9.77. The van der Waals surface area contributed by atoms with Gasteiger partial charge in [0.1, 0.15) is 5.82 Å². The maximum absolute atomic E-state index is 13.1. The summed E-state index contributed by atoms with van der Waals surface area (Å²) >= 11 is 0. The summed E-state index contributed by atoms with van der Waals surface area (Å²) in [5.41, 5.74) is 1.71. The monoisotopic (exact) mass is 424 g/mol. The standard InChI is InChI=1S/C21H24N6O2S/c1-16-6-7-17(2)18(15-16)30(28,29)27-13-11-26(12-14-27)21-9-8-20(24-25-21)23-19-5-3-4-10-22-19/h3-10,15H,11-14H2,1-2H3,(H,22,23,24). The molecule has 4 rings (SSSR count). The number of piperazine rings is 1. The van der Waals surface area contributed by atoms with E-state index in [0.29, 0.717) is 42.7 Å². The Morgan fingerprint density at radius 2 is 1.70 bits per heavy atom. The summed E-state index contributed by atoms with van der Waals surface area (Å²) in [4.78, 5) is 6.64. The number of hydrogen-bond donors (Lipinski definition) is 1. The van der Waals surface area contributed by atoms with Crippen molar-refractivity contribution in [1.29, 1.82) is 0 Å². The molecule has 1 fully saturated rings. The van der Waals surface area contributed by atoms with Crippen LogP contribution in [0.1, 0.15) is 11.1 Å². The molecule has 0 spiro atoms. The molecular formula is C21H24N6O2S. The van der Waals surface area contributed by atoms with E-state index in [1.54, 1.807) is 16.6 Å². The van der Waals surface area contributed by atoms with Crippen LogP contribution >= 0.6 is 0 Å². The van der Waals surface area contributed by atoms with Crippen LogP contribution in [0.3, 0.4) is 0 Å². The molecule has 1 aromatic carbocycles. The summed E-state index contributed by atoms with van der Waals surface area (Å²) in [5.74, 6) is 2.03. The van der Waals surface area contributed by atoms with Crippen LogP contribution in [0.2, 0.25) is 0 Å². The second-order valence-electron chi connectivity index (χ2n) is 7.28. The summed E-state index contributed by atoms with van der Waals surface area (Å²) in [6.07, 6.45) is 1.70. The van der Waals surface area contributed by atoms with Crippen molar-refractivity contribution in [1.82, 2.24) is 19.5 Å². The van der Waals surface area contributed by atoms with E-state index >= 15 is 0 Å². The van der Waals surface area contributed by atoms with Gasteiger partial charge in [-0.25, -0.2) is 13.4 Å². The van der Waals surface area contributed by atoms with Gasteiger partial charge in [0.05, 0.1) is 4.90 Å². The van der Waals surface area contributed by atoms with Crippen molar-refractivity contribution < 1.29 is 8.42 Å². The highest BCUT2D eigenvalue weighted by Gasteiger charge is 2.30. The second kappa shape index (κ2) is 8.37. The van der Waals surface area contributed by atoms with Gasteiger partial charge < -0.3 is 10.2 Å². The van der Waals surface area contributed by atoms with Crippen LogP contribution in [0.25, 0.3) is 0 Å². The van der Waals surface area contributed by atoms with Crippen LogP contribution in [0.15, 0.2) is 59.6 Å². The van der Waals surface area contributed by atoms with Gasteiger partial charge in [0.2, 0.25) is 10.0 Å². The fourth-order valence-electron chi connectivity index (χ4n) is 3.41. The molecule has 3 aromatic rings. The number of rotatable bonds is 5. The summed E-state index contributed by atoms with van der Waals surface area (Å²) in [6, 6.07) is 14.8. The number of anilines is 3. The Bertz CT molecular complexity index is 1110. The van der Waals surface area contributed by atoms with Gasteiger partial charge in [-0.15, -0.1) is 10.2 Å². The quantitative estimate of drug-likeness (QED) is 0.673. The lowest BCUT2D eigenvalue weighted by molar-refractivity contribution is 0.383. The minimum atomic E-state index is -3.51. The number of aryl methyl sites for hydroxylation is 2. The largest absolute Gasteiger partial charge is 0.352 e. The molecular weight excluding hydrogens is 400 g/mol. The molecule has 0 unspecified atom stereocenters. The van der Waals surface area contributed by atoms with Crippen LogP contribution in [-0.2, 0) is 10.0 Å². The fourth-order valence-corrected chi connectivity index (χ4v) is 5.14. The molecule has 3 heterocycles. The Morgan fingerprint density at radius 3 is 2.37 bits per heavy atom. The maximum atomic E-state index is 13.1. The first-order valence-corrected chi connectivity index (χ1v) is 11.2. The number of hydrogen-bond acceptors (Lipinski definition) is 7. The first kappa shape index (κ1) is 20.2. The van der Waals surface area contributed by atoms with Gasteiger partial charge in [-0.2, -0.15) is 4.31 Å². The molecule has 8 nitrogen and oxygen atoms in total. The predicted octanol–water partition coefficient (Wildman–Crippen LogP) is 2.74. The molecule has 9 heteroatoms. The number of benzene rings is 1. The lowest BCUT2D eigenvalue weighted by Crippen LogP contribution is -2.49. The fraction of sp³-hybridized carbons (Fsp3) is 0.286. The number of sulfonamides is 1. The van der Waals surface area contributed by atoms with Crippen LogP contribution in [0, 0.1) is 13.8 Å². The lowest BCUT2D eigenvalue weighted by atomic mass is 10.2. The Labute approximate surface area is 176 Å². The number of aromatic nitrogens is 3. The number of pyridine rings is 1. The van der Waals surface area contributed by atoms with Crippen LogP contribution < -0.4 is 10.2 Å². The van der Waals surface area contributed by atoms with Gasteiger partial charge in [0, 0.05) is 32.4 Å². The summed E-state index contributed by atoms with van der Waals surface area (Å²) in [7, 11) is -3.51. The topological polar surface area (TPSA) is 91.3 Å². The Kier molecular flexibility index (Phi) is 5.65. The zero-order valence-electron chi connectivity index (χ0n) is 17.0. The Hall–Kier alpha value is -3.04. The minimum Gasteiger partial charge on any atom is -0.352 e. The van der Waals surface area contributed by atoms with Crippen molar-refractivity contribution in [2.45, 2.75) is 18.7 Å². The third-order valence-electron chi connectivity index (χ3n) is 5.10. The zero-order valence-corrected chi connectivity index (χ0v) is 17.8. The van der Waals surface area contributed by atoms with E-state index in [9.17, 15) is 8.42 Å². The molecule has 0 bridgehead atoms. The molecule has 0 atom stereocenters. The molecule has 156 valence electrons. The van der Waals surface area contributed by atoms with E-state index in [4.69, 9.17) is 0 Å². The number of nitrogens with one attached hydrogen (secondary N) is 1. The summed E-state index contributed by atoms with van der Waals surface area (Å²) in [6.45, 7) is 5.68. The van der Waals surface area contributed by atoms with Crippen molar-refractivity contribution in [3.8, 4) is 0 Å². The molecule has 1 aliphatic rings. The maximum Gasteiger partial charge on any atom is 0.243 e. The Balaban J connectivity index is 1.41. The molecule has 1 aliphatic heterocycles. The summed E-state index contributed by atoms with van der Waals surface area (Å²) in [5, 5.41) is 11.6. The zero-order chi connectivity index (χ0) is 21.1. The molecule has 1 saturated heterocycles.